The van der Waals surface area contributed by atoms with E-state index in [4.69, 9.17) is 0 Å². The number of ketones is 1. The molecule has 0 bridgehead atoms. The van der Waals surface area contributed by atoms with Gasteiger partial charge in [-0.25, -0.2) is 4.98 Å². The molecule has 0 radical (unpaired) electrons. The van der Waals surface area contributed by atoms with E-state index in [1.807, 2.05) is 38.1 Å². The van der Waals surface area contributed by atoms with Crippen LogP contribution in [0.15, 0.2) is 48.5 Å². The van der Waals surface area contributed by atoms with Crippen LogP contribution in [0.1, 0.15) is 63.8 Å². The first kappa shape index (κ1) is 30.9. The predicted molar refractivity (Wildman–Crippen MR) is 169 cm³/mol. The van der Waals surface area contributed by atoms with Gasteiger partial charge in [0.1, 0.15) is 11.7 Å². The van der Waals surface area contributed by atoms with E-state index in [2.05, 4.69) is 25.9 Å². The number of thiazole rings is 1. The minimum Gasteiger partial charge on any atom is -0.356 e. The van der Waals surface area contributed by atoms with Crippen LogP contribution in [-0.2, 0) is 9.59 Å². The number of carbonyl (C=O) groups excluding carboxylic acids is 5. The van der Waals surface area contributed by atoms with Crippen LogP contribution in [-0.4, -0.2) is 77.0 Å². The normalized spacial score (nSPS) is 16.1. The number of nitrogens with zero attached hydrogens (tertiary/aromatic N) is 2. The average molecular weight is 617 g/mol. The van der Waals surface area contributed by atoms with Crippen molar-refractivity contribution in [2.45, 2.75) is 45.2 Å². The van der Waals surface area contributed by atoms with Crippen LogP contribution in [0.2, 0.25) is 0 Å². The van der Waals surface area contributed by atoms with Crippen molar-refractivity contribution >= 4 is 61.9 Å². The predicted octanol–water partition coefficient (Wildman–Crippen LogP) is 3.52. The number of hydrogen-bond donors (Lipinski definition) is 4. The van der Waals surface area contributed by atoms with E-state index in [0.29, 0.717) is 41.4 Å². The summed E-state index contributed by atoms with van der Waals surface area (Å²) in [7, 11) is 3.34. The van der Waals surface area contributed by atoms with Gasteiger partial charge < -0.3 is 25.8 Å². The molecule has 1 fully saturated rings. The van der Waals surface area contributed by atoms with Gasteiger partial charge >= 0.3 is 0 Å². The summed E-state index contributed by atoms with van der Waals surface area (Å²) >= 11 is 1.24. The molecule has 3 heterocycles. The molecule has 0 spiro atoms. The van der Waals surface area contributed by atoms with E-state index in [1.165, 1.54) is 16.2 Å². The van der Waals surface area contributed by atoms with Crippen molar-refractivity contribution in [2.75, 3.05) is 20.6 Å². The zero-order valence-corrected chi connectivity index (χ0v) is 25.9. The van der Waals surface area contributed by atoms with Crippen LogP contribution >= 0.6 is 11.3 Å². The first-order chi connectivity index (χ1) is 21.0. The van der Waals surface area contributed by atoms with Gasteiger partial charge in [-0.05, 0) is 61.6 Å². The number of aromatic nitrogens is 2. The topological polar surface area (TPSA) is 153 Å². The van der Waals surface area contributed by atoms with Gasteiger partial charge in [0.2, 0.25) is 17.6 Å². The smallest absolute Gasteiger partial charge is 0.268 e. The molecule has 1 aliphatic rings. The number of benzene rings is 2. The van der Waals surface area contributed by atoms with Gasteiger partial charge in [-0.1, -0.05) is 26.0 Å². The Morgan fingerprint density at radius 3 is 2.50 bits per heavy atom. The first-order valence-electron chi connectivity index (χ1n) is 14.6. The quantitative estimate of drug-likeness (QED) is 0.189. The zero-order chi connectivity index (χ0) is 31.5. The molecule has 2 aromatic heterocycles. The molecule has 0 aliphatic carbocycles. The molecule has 12 heteroatoms. The highest BCUT2D eigenvalue weighted by atomic mass is 32.1. The lowest BCUT2D eigenvalue weighted by Gasteiger charge is -2.24. The molecule has 0 saturated carbocycles. The van der Waals surface area contributed by atoms with Crippen LogP contribution in [0.5, 0.6) is 0 Å². The highest BCUT2D eigenvalue weighted by Crippen LogP contribution is 2.25. The molecule has 4 N–H and O–H groups in total. The number of fused-ring (bicyclic) bond motifs is 2. The van der Waals surface area contributed by atoms with E-state index in [9.17, 15) is 24.0 Å². The summed E-state index contributed by atoms with van der Waals surface area (Å²) in [6, 6.07) is 12.2. The van der Waals surface area contributed by atoms with Crippen molar-refractivity contribution in [3.05, 3.63) is 64.8 Å². The van der Waals surface area contributed by atoms with E-state index in [1.54, 1.807) is 38.4 Å². The lowest BCUT2D eigenvalue weighted by molar-refractivity contribution is -0.125. The van der Waals surface area contributed by atoms with Gasteiger partial charge in [-0.2, -0.15) is 0 Å². The van der Waals surface area contributed by atoms with Crippen LogP contribution < -0.4 is 16.0 Å². The monoisotopic (exact) mass is 616 g/mol. The van der Waals surface area contributed by atoms with Gasteiger partial charge in [0, 0.05) is 43.0 Å². The molecule has 1 unspecified atom stereocenters. The Kier molecular flexibility index (Phi) is 9.09. The maximum atomic E-state index is 13.7. The fourth-order valence-corrected chi connectivity index (χ4v) is 6.33. The van der Waals surface area contributed by atoms with Crippen LogP contribution in [0, 0.1) is 11.8 Å². The number of hydrogen-bond acceptors (Lipinski definition) is 7. The summed E-state index contributed by atoms with van der Waals surface area (Å²) in [5.41, 5.74) is 2.09. The van der Waals surface area contributed by atoms with Gasteiger partial charge in [0.05, 0.1) is 16.3 Å². The molecule has 4 aromatic rings. The maximum Gasteiger partial charge on any atom is 0.268 e. The van der Waals surface area contributed by atoms with Gasteiger partial charge in [-0.15, -0.1) is 11.3 Å². The third-order valence-corrected chi connectivity index (χ3v) is 8.72. The number of Topliss-reactive ketones (excluding diaryl/α,β-unsaturated/α-hetero) is 1. The lowest BCUT2D eigenvalue weighted by Crippen LogP contribution is -2.52. The van der Waals surface area contributed by atoms with E-state index in [0.717, 1.165) is 4.70 Å². The Labute approximate surface area is 258 Å². The number of aromatic amines is 1. The van der Waals surface area contributed by atoms with Gasteiger partial charge in [0.15, 0.2) is 5.01 Å². The second-order valence-corrected chi connectivity index (χ2v) is 12.8. The Morgan fingerprint density at radius 2 is 1.82 bits per heavy atom. The standard InChI is InChI=1S/C32H36N6O5S/c1-17(2)13-24(36-30(42)25-16-20-14-19(32(43)38(3)4)9-10-21(20)34-25)29(41)35-23(15-18-11-12-33-28(18)40)27(39)31-37-22-7-5-6-8-26(22)44-31/h5-10,14,16-18,23-24,34H,11-13,15H2,1-4H3,(H,33,40)(H,35,41)(H,36,42)/t18?,23-,24-/m0/s1. The largest absolute Gasteiger partial charge is 0.356 e. The zero-order valence-electron chi connectivity index (χ0n) is 25.1. The summed E-state index contributed by atoms with van der Waals surface area (Å²) in [4.78, 5) is 74.7. The van der Waals surface area contributed by atoms with E-state index >= 15 is 0 Å². The Bertz CT molecular complexity index is 1710. The first-order valence-corrected chi connectivity index (χ1v) is 15.4. The van der Waals surface area contributed by atoms with E-state index in [-0.39, 0.29) is 40.6 Å². The second kappa shape index (κ2) is 13.0. The molecule has 1 aliphatic heterocycles. The lowest BCUT2D eigenvalue weighted by atomic mass is 9.95. The number of carbonyl (C=O) groups is 5. The fourth-order valence-electron chi connectivity index (χ4n) is 5.37. The average Bonchev–Trinajstić information content (AvgIpc) is 3.73. The summed E-state index contributed by atoms with van der Waals surface area (Å²) < 4.78 is 0.848. The molecule has 3 atom stereocenters. The summed E-state index contributed by atoms with van der Waals surface area (Å²) in [6.07, 6.45) is 1.02. The third kappa shape index (κ3) is 6.80. The van der Waals surface area contributed by atoms with Gasteiger partial charge in [0.25, 0.3) is 11.8 Å². The van der Waals surface area contributed by atoms with Crippen LogP contribution in [0.25, 0.3) is 21.1 Å². The van der Waals surface area contributed by atoms with Crippen LogP contribution in [0.3, 0.4) is 0 Å². The molecule has 44 heavy (non-hydrogen) atoms. The van der Waals surface area contributed by atoms with Crippen molar-refractivity contribution in [1.29, 1.82) is 0 Å². The number of amides is 4. The van der Waals surface area contributed by atoms with Crippen molar-refractivity contribution < 1.29 is 24.0 Å². The molecule has 5 rings (SSSR count). The third-order valence-electron chi connectivity index (χ3n) is 7.67. The molecular weight excluding hydrogens is 580 g/mol. The summed E-state index contributed by atoms with van der Waals surface area (Å²) in [6.45, 7) is 4.39. The molecule has 1 saturated heterocycles. The number of para-hydroxylation sites is 1. The molecule has 2 aromatic carbocycles. The summed E-state index contributed by atoms with van der Waals surface area (Å²) in [5, 5.41) is 9.41. The van der Waals surface area contributed by atoms with Crippen molar-refractivity contribution in [2.24, 2.45) is 11.8 Å². The van der Waals surface area contributed by atoms with Crippen LogP contribution in [0.4, 0.5) is 0 Å². The highest BCUT2D eigenvalue weighted by molar-refractivity contribution is 7.20. The van der Waals surface area contributed by atoms with Crippen molar-refractivity contribution in [3.63, 3.8) is 0 Å². The van der Waals surface area contributed by atoms with Crippen molar-refractivity contribution in [3.8, 4) is 0 Å². The Morgan fingerprint density at radius 1 is 1.05 bits per heavy atom. The molecule has 11 nitrogen and oxygen atoms in total. The SMILES string of the molecule is CC(C)C[C@H](NC(=O)c1cc2cc(C(=O)N(C)C)ccc2[nH]1)C(=O)N[C@@H](CC1CCNC1=O)C(=O)c1nc2ccccc2s1. The molecule has 230 valence electrons. The number of rotatable bonds is 11. The fraction of sp³-hybridized carbons (Fsp3) is 0.375. The minimum atomic E-state index is -0.996. The number of nitrogens with one attached hydrogen (secondary N) is 4. The Hall–Kier alpha value is -4.58. The highest BCUT2D eigenvalue weighted by Gasteiger charge is 2.35. The van der Waals surface area contributed by atoms with Crippen molar-refractivity contribution in [1.82, 2.24) is 30.8 Å². The maximum absolute atomic E-state index is 13.7. The van der Waals surface area contributed by atoms with E-state index < -0.39 is 29.8 Å². The number of H-pyrrole nitrogens is 1. The van der Waals surface area contributed by atoms with Gasteiger partial charge in [-0.3, -0.25) is 24.0 Å². The summed E-state index contributed by atoms with van der Waals surface area (Å²) in [5.74, 6) is -2.06. The molecule has 4 amide bonds. The molecular formula is C32H36N6O5S. The minimum absolute atomic E-state index is 0.0485. The Balaban J connectivity index is 1.36. The second-order valence-electron chi connectivity index (χ2n) is 11.8.